The predicted octanol–water partition coefficient (Wildman–Crippen LogP) is 3.36. The lowest BCUT2D eigenvalue weighted by Gasteiger charge is -2.04. The predicted molar refractivity (Wildman–Crippen MR) is 70.3 cm³/mol. The zero-order valence-corrected chi connectivity index (χ0v) is 9.73. The Labute approximate surface area is 97.8 Å². The van der Waals surface area contributed by atoms with Gasteiger partial charge in [0.2, 0.25) is 6.41 Å². The summed E-state index contributed by atoms with van der Waals surface area (Å²) in [4.78, 5) is 10.2. The van der Waals surface area contributed by atoms with Crippen LogP contribution in [0, 0.1) is 0 Å². The zero-order chi connectivity index (χ0) is 11.8. The molecule has 2 aromatic rings. The maximum absolute atomic E-state index is 10.2. The molecule has 0 aromatic heterocycles. The third-order valence-electron chi connectivity index (χ3n) is 2.26. The smallest absolute Gasteiger partial charge is 0.207 e. The number of carbonyl (C=O) groups is 1. The van der Waals surface area contributed by atoms with Crippen molar-refractivity contribution >= 4 is 17.2 Å². The van der Waals surface area contributed by atoms with Crippen molar-refractivity contribution in [1.82, 2.24) is 5.32 Å². The first-order chi connectivity index (χ1) is 7.92. The van der Waals surface area contributed by atoms with Gasteiger partial charge in [0.1, 0.15) is 0 Å². The normalized spacial score (nSPS) is 9.12. The Bertz CT molecular complexity index is 451. The van der Waals surface area contributed by atoms with Gasteiger partial charge in [0.15, 0.2) is 0 Å². The van der Waals surface area contributed by atoms with Gasteiger partial charge < -0.3 is 5.32 Å². The second kappa shape index (κ2) is 6.62. The molecule has 0 saturated carbocycles. The quantitative estimate of drug-likeness (QED) is 0.785. The summed E-state index contributed by atoms with van der Waals surface area (Å²) in [5, 5.41) is 5.08. The largest absolute Gasteiger partial charge is 0.355 e. The Hall–Kier alpha value is -1.83. The summed E-state index contributed by atoms with van der Waals surface area (Å²) in [6.07, 6.45) is 0.724. The number of rotatable bonds is 3. The van der Waals surface area contributed by atoms with Crippen LogP contribution in [0.15, 0.2) is 42.5 Å². The zero-order valence-electron chi connectivity index (χ0n) is 9.73. The van der Waals surface area contributed by atoms with Gasteiger partial charge in [0, 0.05) is 7.97 Å². The fourth-order valence-corrected chi connectivity index (χ4v) is 1.60. The molecule has 0 aliphatic rings. The molecular weight excluding hydrogens is 198 g/mol. The summed E-state index contributed by atoms with van der Waals surface area (Å²) in [5.41, 5.74) is 1.15. The molecule has 2 heteroatoms. The molecule has 2 aromatic carbocycles. The Kier molecular flexibility index (Phi) is 5.06. The monoisotopic (exact) mass is 217 g/mol. The highest BCUT2D eigenvalue weighted by molar-refractivity contribution is 5.85. The van der Waals surface area contributed by atoms with Gasteiger partial charge in [0.25, 0.3) is 0 Å². The van der Waals surface area contributed by atoms with Crippen molar-refractivity contribution < 1.29 is 6.22 Å². The molecule has 0 bridgehead atoms. The third-order valence-corrected chi connectivity index (χ3v) is 2.26. The highest BCUT2D eigenvalue weighted by Gasteiger charge is 1.97. The van der Waals surface area contributed by atoms with Crippen molar-refractivity contribution in [1.29, 1.82) is 0 Å². The van der Waals surface area contributed by atoms with Gasteiger partial charge in [-0.05, 0) is 16.3 Å². The molecule has 16 heavy (non-hydrogen) atoms. The van der Waals surface area contributed by atoms with Crippen molar-refractivity contribution in [3.63, 3.8) is 0 Å². The highest BCUT2D eigenvalue weighted by atomic mass is 16.1. The number of fused-ring (bicyclic) bond motifs is 1. The molecule has 86 valence electrons. The molecule has 0 heterocycles. The minimum Gasteiger partial charge on any atom is -0.355 e. The van der Waals surface area contributed by atoms with E-state index >= 15 is 0 Å². The molecule has 0 fully saturated rings. The van der Waals surface area contributed by atoms with E-state index in [2.05, 4.69) is 23.5 Å². The van der Waals surface area contributed by atoms with Crippen LogP contribution in [0.1, 0.15) is 20.8 Å². The van der Waals surface area contributed by atoms with E-state index < -0.39 is 0 Å². The Morgan fingerprint density at radius 3 is 2.56 bits per heavy atom. The van der Waals surface area contributed by atoms with E-state index in [0.717, 1.165) is 12.0 Å². The Morgan fingerprint density at radius 1 is 1.12 bits per heavy atom. The van der Waals surface area contributed by atoms with Gasteiger partial charge in [-0.3, -0.25) is 4.79 Å². The summed E-state index contributed by atoms with van der Waals surface area (Å²) in [6, 6.07) is 14.3. The van der Waals surface area contributed by atoms with Crippen molar-refractivity contribution in [2.24, 2.45) is 0 Å². The summed E-state index contributed by atoms with van der Waals surface area (Å²) in [6.45, 7) is 4.59. The van der Waals surface area contributed by atoms with Crippen LogP contribution in [0.5, 0.6) is 0 Å². The second-order valence-electron chi connectivity index (χ2n) is 3.14. The fourth-order valence-electron chi connectivity index (χ4n) is 1.60. The molecule has 0 unspecified atom stereocenters. The molecule has 0 spiro atoms. The number of amides is 1. The lowest BCUT2D eigenvalue weighted by Crippen LogP contribution is -2.09. The van der Waals surface area contributed by atoms with Crippen LogP contribution < -0.4 is 5.32 Å². The minimum absolute atomic E-state index is 0. The minimum atomic E-state index is 0. The first-order valence-corrected chi connectivity index (χ1v) is 5.55. The van der Waals surface area contributed by atoms with Crippen molar-refractivity contribution in [3.05, 3.63) is 48.0 Å². The number of hydrogen-bond donors (Lipinski definition) is 1. The van der Waals surface area contributed by atoms with Crippen molar-refractivity contribution in [2.45, 2.75) is 20.4 Å². The van der Waals surface area contributed by atoms with Crippen LogP contribution in [0.25, 0.3) is 10.8 Å². The van der Waals surface area contributed by atoms with Gasteiger partial charge in [-0.25, -0.2) is 0 Å². The maximum atomic E-state index is 10.2. The van der Waals surface area contributed by atoms with Crippen LogP contribution in [-0.4, -0.2) is 6.41 Å². The van der Waals surface area contributed by atoms with Crippen LogP contribution in [0.3, 0.4) is 0 Å². The lowest BCUT2D eigenvalue weighted by molar-refractivity contribution is -0.109. The molecule has 1 N–H and O–H groups in total. The molecule has 2 nitrogen and oxygen atoms in total. The maximum Gasteiger partial charge on any atom is 0.207 e. The standard InChI is InChI=1S/C12H11NO.C2H6.H2/c14-9-13-8-11-6-3-5-10-4-1-2-7-12(10)11;1-2;/h1-7,9H,8H2,(H,13,14);1-2H3;1H. The third kappa shape index (κ3) is 2.83. The molecule has 1 amide bonds. The lowest BCUT2D eigenvalue weighted by atomic mass is 10.0. The van der Waals surface area contributed by atoms with E-state index in [1.54, 1.807) is 0 Å². The average molecular weight is 217 g/mol. The summed E-state index contributed by atoms with van der Waals surface area (Å²) in [5.74, 6) is 0. The molecule has 2 rings (SSSR count). The summed E-state index contributed by atoms with van der Waals surface area (Å²) < 4.78 is 0. The summed E-state index contributed by atoms with van der Waals surface area (Å²) >= 11 is 0. The number of benzene rings is 2. The summed E-state index contributed by atoms with van der Waals surface area (Å²) in [7, 11) is 0. The molecule has 0 aliphatic heterocycles. The van der Waals surface area contributed by atoms with Crippen LogP contribution in [0.2, 0.25) is 0 Å². The van der Waals surface area contributed by atoms with Gasteiger partial charge in [0.05, 0.1) is 0 Å². The highest BCUT2D eigenvalue weighted by Crippen LogP contribution is 2.17. The number of nitrogens with one attached hydrogen (secondary N) is 1. The van der Waals surface area contributed by atoms with E-state index in [1.807, 2.05) is 38.1 Å². The molecule has 0 atom stereocenters. The second-order valence-corrected chi connectivity index (χ2v) is 3.14. The van der Waals surface area contributed by atoms with Crippen molar-refractivity contribution in [3.8, 4) is 0 Å². The fraction of sp³-hybridized carbons (Fsp3) is 0.214. The first kappa shape index (κ1) is 12.2. The van der Waals surface area contributed by atoms with Gasteiger partial charge in [-0.1, -0.05) is 56.3 Å². The molecule has 0 aliphatic carbocycles. The number of hydrogen-bond acceptors (Lipinski definition) is 1. The molecular formula is C14H19NO. The van der Waals surface area contributed by atoms with E-state index in [0.29, 0.717) is 6.54 Å². The van der Waals surface area contributed by atoms with Crippen molar-refractivity contribution in [2.75, 3.05) is 0 Å². The number of carbonyl (C=O) groups excluding carboxylic acids is 1. The SMILES string of the molecule is CC.O=CNCc1cccc2ccccc12.[HH]. The van der Waals surface area contributed by atoms with Crippen LogP contribution >= 0.6 is 0 Å². The van der Waals surface area contributed by atoms with Crippen LogP contribution in [0.4, 0.5) is 0 Å². The Balaban J connectivity index is 0.000000811. The van der Waals surface area contributed by atoms with E-state index in [9.17, 15) is 4.79 Å². The van der Waals surface area contributed by atoms with Crippen LogP contribution in [-0.2, 0) is 11.3 Å². The van der Waals surface area contributed by atoms with E-state index in [1.165, 1.54) is 10.8 Å². The molecule has 0 saturated heterocycles. The topological polar surface area (TPSA) is 29.1 Å². The van der Waals surface area contributed by atoms with Gasteiger partial charge in [-0.15, -0.1) is 0 Å². The van der Waals surface area contributed by atoms with E-state index in [4.69, 9.17) is 0 Å². The van der Waals surface area contributed by atoms with E-state index in [-0.39, 0.29) is 1.43 Å². The first-order valence-electron chi connectivity index (χ1n) is 5.55. The van der Waals surface area contributed by atoms with Gasteiger partial charge >= 0.3 is 0 Å². The average Bonchev–Trinajstić information content (AvgIpc) is 2.38. The Morgan fingerprint density at radius 2 is 1.81 bits per heavy atom. The molecule has 0 radical (unpaired) electrons. The van der Waals surface area contributed by atoms with Gasteiger partial charge in [-0.2, -0.15) is 0 Å².